The van der Waals surface area contributed by atoms with E-state index in [0.29, 0.717) is 25.6 Å². The number of hydrogen-bond acceptors (Lipinski definition) is 4. The number of likely N-dealkylation sites (tertiary alicyclic amines) is 1. The number of likely N-dealkylation sites (N-methyl/N-ethyl adjacent to an activating group) is 1. The maximum Gasteiger partial charge on any atom is 0.312 e. The molecule has 2 aliphatic rings. The van der Waals surface area contributed by atoms with Crippen molar-refractivity contribution in [1.29, 1.82) is 0 Å². The molecular weight excluding hydrogens is 284 g/mol. The average molecular weight is 310 g/mol. The number of nitrogens with one attached hydrogen (secondary N) is 1. The first-order chi connectivity index (χ1) is 10.6. The van der Waals surface area contributed by atoms with Gasteiger partial charge in [0.25, 0.3) is 0 Å². The van der Waals surface area contributed by atoms with E-state index < -0.39 is 11.8 Å². The third kappa shape index (κ3) is 3.76. The number of nitrogens with zero attached hydrogens (tertiary/aromatic N) is 3. The van der Waals surface area contributed by atoms with Crippen LogP contribution in [0, 0.1) is 5.92 Å². The highest BCUT2D eigenvalue weighted by Crippen LogP contribution is 2.17. The lowest BCUT2D eigenvalue weighted by Gasteiger charge is -2.36. The second-order valence-electron chi connectivity index (χ2n) is 5.99. The summed E-state index contributed by atoms with van der Waals surface area (Å²) in [5.74, 6) is -0.472. The van der Waals surface area contributed by atoms with Gasteiger partial charge in [0.15, 0.2) is 0 Å². The molecule has 0 bridgehead atoms. The number of hydrogen-bond donors (Lipinski definition) is 1. The molecule has 7 nitrogen and oxygen atoms in total. The van der Waals surface area contributed by atoms with Gasteiger partial charge in [0.1, 0.15) is 6.54 Å². The fourth-order valence-electron chi connectivity index (χ4n) is 3.11. The largest absolute Gasteiger partial charge is 0.341 e. The van der Waals surface area contributed by atoms with E-state index in [-0.39, 0.29) is 12.5 Å². The number of carbonyl (C=O) groups is 3. The summed E-state index contributed by atoms with van der Waals surface area (Å²) in [6, 6.07) is 0. The molecule has 0 aromatic heterocycles. The Morgan fingerprint density at radius 1 is 1.09 bits per heavy atom. The molecule has 0 atom stereocenters. The summed E-state index contributed by atoms with van der Waals surface area (Å²) in [6.45, 7) is 5.82. The van der Waals surface area contributed by atoms with Crippen LogP contribution in [0.1, 0.15) is 19.8 Å². The fraction of sp³-hybridized carbons (Fsp3) is 0.800. The quantitative estimate of drug-likeness (QED) is 0.671. The van der Waals surface area contributed by atoms with E-state index in [0.717, 1.165) is 32.5 Å². The van der Waals surface area contributed by atoms with E-state index in [9.17, 15) is 14.4 Å². The molecule has 124 valence electrons. The molecule has 2 saturated heterocycles. The van der Waals surface area contributed by atoms with Crippen molar-refractivity contribution in [3.63, 3.8) is 0 Å². The Morgan fingerprint density at radius 2 is 1.68 bits per heavy atom. The normalized spacial score (nSPS) is 20.7. The SMILES string of the molecule is CCN1CCN(CC(=O)N2CCC(CNC)CC2)C(=O)C1=O. The van der Waals surface area contributed by atoms with Crippen LogP contribution >= 0.6 is 0 Å². The standard InChI is InChI=1S/C15H26N4O3/c1-3-17-8-9-19(15(22)14(17)21)11-13(20)18-6-4-12(5-7-18)10-16-2/h12,16H,3-11H2,1-2H3. The monoisotopic (exact) mass is 310 g/mol. The van der Waals surface area contributed by atoms with E-state index >= 15 is 0 Å². The van der Waals surface area contributed by atoms with E-state index in [2.05, 4.69) is 5.32 Å². The summed E-state index contributed by atoms with van der Waals surface area (Å²) >= 11 is 0. The predicted octanol–water partition coefficient (Wildman–Crippen LogP) is -0.865. The lowest BCUT2D eigenvalue weighted by atomic mass is 9.97. The van der Waals surface area contributed by atoms with Crippen LogP contribution in [0.2, 0.25) is 0 Å². The Morgan fingerprint density at radius 3 is 2.27 bits per heavy atom. The topological polar surface area (TPSA) is 73.0 Å². The van der Waals surface area contributed by atoms with Crippen LogP contribution in [-0.4, -0.2) is 85.3 Å². The van der Waals surface area contributed by atoms with Crippen molar-refractivity contribution < 1.29 is 14.4 Å². The Balaban J connectivity index is 1.83. The molecule has 0 spiro atoms. The van der Waals surface area contributed by atoms with Crippen LogP contribution < -0.4 is 5.32 Å². The molecule has 0 radical (unpaired) electrons. The predicted molar refractivity (Wildman–Crippen MR) is 82.1 cm³/mol. The van der Waals surface area contributed by atoms with Crippen LogP contribution in [0.5, 0.6) is 0 Å². The lowest BCUT2D eigenvalue weighted by Crippen LogP contribution is -2.56. The first-order valence-electron chi connectivity index (χ1n) is 8.07. The van der Waals surface area contributed by atoms with Crippen molar-refractivity contribution in [2.75, 3.05) is 52.9 Å². The summed E-state index contributed by atoms with van der Waals surface area (Å²) in [7, 11) is 1.94. The molecule has 0 aliphatic carbocycles. The van der Waals surface area contributed by atoms with Gasteiger partial charge >= 0.3 is 11.8 Å². The Bertz CT molecular complexity index is 433. The third-order valence-electron chi connectivity index (χ3n) is 4.57. The van der Waals surface area contributed by atoms with Crippen molar-refractivity contribution in [3.05, 3.63) is 0 Å². The Labute approximate surface area is 131 Å². The van der Waals surface area contributed by atoms with Crippen LogP contribution in [0.25, 0.3) is 0 Å². The van der Waals surface area contributed by atoms with Crippen molar-refractivity contribution in [2.24, 2.45) is 5.92 Å². The molecule has 0 saturated carbocycles. The van der Waals surface area contributed by atoms with Gasteiger partial charge in [0, 0.05) is 32.7 Å². The fourth-order valence-corrected chi connectivity index (χ4v) is 3.11. The minimum Gasteiger partial charge on any atom is -0.341 e. The van der Waals surface area contributed by atoms with Crippen LogP contribution in [0.4, 0.5) is 0 Å². The molecule has 0 aromatic carbocycles. The summed E-state index contributed by atoms with van der Waals surface area (Å²) in [6.07, 6.45) is 1.98. The zero-order valence-corrected chi connectivity index (χ0v) is 13.5. The zero-order valence-electron chi connectivity index (χ0n) is 13.5. The van der Waals surface area contributed by atoms with Gasteiger partial charge < -0.3 is 20.0 Å². The smallest absolute Gasteiger partial charge is 0.312 e. The lowest BCUT2D eigenvalue weighted by molar-refractivity contribution is -0.157. The molecule has 2 heterocycles. The first-order valence-corrected chi connectivity index (χ1v) is 8.07. The molecular formula is C15H26N4O3. The maximum atomic E-state index is 12.3. The van der Waals surface area contributed by atoms with Crippen molar-refractivity contribution >= 4 is 17.7 Å². The van der Waals surface area contributed by atoms with Gasteiger partial charge in [-0.15, -0.1) is 0 Å². The van der Waals surface area contributed by atoms with E-state index in [4.69, 9.17) is 0 Å². The second kappa shape index (κ2) is 7.58. The maximum absolute atomic E-state index is 12.3. The van der Waals surface area contributed by atoms with Gasteiger partial charge in [-0.05, 0) is 39.3 Å². The van der Waals surface area contributed by atoms with Gasteiger partial charge in [-0.1, -0.05) is 0 Å². The van der Waals surface area contributed by atoms with Crippen LogP contribution in [-0.2, 0) is 14.4 Å². The van der Waals surface area contributed by atoms with Gasteiger partial charge in [-0.3, -0.25) is 14.4 Å². The number of piperazine rings is 1. The van der Waals surface area contributed by atoms with E-state index in [1.54, 1.807) is 0 Å². The minimum absolute atomic E-state index is 0.0266. The van der Waals surface area contributed by atoms with Gasteiger partial charge in [-0.2, -0.15) is 0 Å². The highest BCUT2D eigenvalue weighted by atomic mass is 16.2. The molecule has 22 heavy (non-hydrogen) atoms. The molecule has 0 unspecified atom stereocenters. The third-order valence-corrected chi connectivity index (χ3v) is 4.57. The summed E-state index contributed by atoms with van der Waals surface area (Å²) in [5.41, 5.74) is 0. The summed E-state index contributed by atoms with van der Waals surface area (Å²) < 4.78 is 0. The Hall–Kier alpha value is -1.63. The zero-order chi connectivity index (χ0) is 16.1. The van der Waals surface area contributed by atoms with E-state index in [1.165, 1.54) is 9.80 Å². The molecule has 7 heteroatoms. The molecule has 2 aliphatic heterocycles. The second-order valence-corrected chi connectivity index (χ2v) is 5.99. The number of piperidine rings is 1. The number of amides is 3. The number of carbonyl (C=O) groups excluding carboxylic acids is 3. The molecule has 2 fully saturated rings. The van der Waals surface area contributed by atoms with Crippen molar-refractivity contribution in [2.45, 2.75) is 19.8 Å². The van der Waals surface area contributed by atoms with Crippen molar-refractivity contribution in [3.8, 4) is 0 Å². The summed E-state index contributed by atoms with van der Waals surface area (Å²) in [5, 5.41) is 3.17. The van der Waals surface area contributed by atoms with Crippen LogP contribution in [0.15, 0.2) is 0 Å². The highest BCUT2D eigenvalue weighted by molar-refractivity contribution is 6.35. The molecule has 0 aromatic rings. The van der Waals surface area contributed by atoms with Gasteiger partial charge in [-0.25, -0.2) is 0 Å². The first kappa shape index (κ1) is 16.7. The Kier molecular flexibility index (Phi) is 5.76. The summed E-state index contributed by atoms with van der Waals surface area (Å²) in [4.78, 5) is 40.9. The average Bonchev–Trinajstić information content (AvgIpc) is 2.53. The minimum atomic E-state index is -0.550. The molecule has 3 amide bonds. The number of rotatable bonds is 5. The molecule has 1 N–H and O–H groups in total. The highest BCUT2D eigenvalue weighted by Gasteiger charge is 2.33. The van der Waals surface area contributed by atoms with Gasteiger partial charge in [0.2, 0.25) is 5.91 Å². The molecule has 2 rings (SSSR count). The van der Waals surface area contributed by atoms with Gasteiger partial charge in [0.05, 0.1) is 0 Å². The van der Waals surface area contributed by atoms with E-state index in [1.807, 2.05) is 18.9 Å². The van der Waals surface area contributed by atoms with Crippen molar-refractivity contribution in [1.82, 2.24) is 20.0 Å². The van der Waals surface area contributed by atoms with Crippen LogP contribution in [0.3, 0.4) is 0 Å².